The molecule has 26 heavy (non-hydrogen) atoms. The fourth-order valence-corrected chi connectivity index (χ4v) is 2.48. The van der Waals surface area contributed by atoms with Crippen LogP contribution in [0, 0.1) is 0 Å². The molecule has 1 aromatic heterocycles. The van der Waals surface area contributed by atoms with Crippen molar-refractivity contribution in [1.29, 1.82) is 0 Å². The quantitative estimate of drug-likeness (QED) is 0.768. The highest BCUT2D eigenvalue weighted by molar-refractivity contribution is 5.24. The van der Waals surface area contributed by atoms with Gasteiger partial charge in [0, 0.05) is 38.9 Å². The number of aromatic nitrogens is 1. The Balaban J connectivity index is 1.78. The molecule has 8 nitrogen and oxygen atoms in total. The third-order valence-electron chi connectivity index (χ3n) is 3.93. The zero-order valence-electron chi connectivity index (χ0n) is 15.4. The van der Waals surface area contributed by atoms with Gasteiger partial charge in [-0.05, 0) is 12.1 Å². The summed E-state index contributed by atoms with van der Waals surface area (Å²) in [6, 6.07) is 3.38. The van der Waals surface area contributed by atoms with Gasteiger partial charge in [-0.1, -0.05) is 0 Å². The molecule has 1 aliphatic heterocycles. The van der Waals surface area contributed by atoms with E-state index in [4.69, 9.17) is 18.9 Å². The van der Waals surface area contributed by atoms with Gasteiger partial charge in [-0.25, -0.2) is 0 Å². The van der Waals surface area contributed by atoms with Crippen LogP contribution in [-0.2, 0) is 25.5 Å². The van der Waals surface area contributed by atoms with Crippen molar-refractivity contribution in [3.8, 4) is 5.75 Å². The number of nitrogens with zero attached hydrogens (tertiary/aromatic N) is 2. The topological polar surface area (TPSA) is 85.3 Å². The Morgan fingerprint density at radius 3 is 2.04 bits per heavy atom. The van der Waals surface area contributed by atoms with Crippen molar-refractivity contribution in [1.82, 2.24) is 15.2 Å². The minimum atomic E-state index is 0.212. The van der Waals surface area contributed by atoms with E-state index in [9.17, 15) is 5.11 Å². The van der Waals surface area contributed by atoms with Crippen LogP contribution in [0.3, 0.4) is 0 Å². The van der Waals surface area contributed by atoms with Crippen LogP contribution in [0.15, 0.2) is 18.3 Å². The van der Waals surface area contributed by atoms with Crippen LogP contribution in [0.5, 0.6) is 5.75 Å². The molecule has 1 fully saturated rings. The molecule has 1 saturated heterocycles. The van der Waals surface area contributed by atoms with Crippen molar-refractivity contribution in [2.45, 2.75) is 6.54 Å². The number of hydrogen-bond donors (Lipinski definition) is 2. The average Bonchev–Trinajstić information content (AvgIpc) is 2.65. The molecule has 1 aliphatic rings. The lowest BCUT2D eigenvalue weighted by Crippen LogP contribution is -2.32. The highest BCUT2D eigenvalue weighted by Gasteiger charge is 2.10. The standard InChI is InChI=1S/C18H31N3O5/c22-18-2-1-3-20-17(18)16-21-6-10-25-14-12-23-8-4-19-5-9-24-13-15-26-11-7-21/h1-3,19,22H,4-16H2. The van der Waals surface area contributed by atoms with Gasteiger partial charge in [0.2, 0.25) is 0 Å². The van der Waals surface area contributed by atoms with Gasteiger partial charge in [0.1, 0.15) is 5.75 Å². The molecule has 2 heterocycles. The van der Waals surface area contributed by atoms with Gasteiger partial charge in [-0.3, -0.25) is 9.88 Å². The van der Waals surface area contributed by atoms with Crippen LogP contribution in [-0.4, -0.2) is 94.0 Å². The van der Waals surface area contributed by atoms with Crippen molar-refractivity contribution in [3.05, 3.63) is 24.0 Å². The highest BCUT2D eigenvalue weighted by Crippen LogP contribution is 2.14. The molecule has 0 atom stereocenters. The van der Waals surface area contributed by atoms with Gasteiger partial charge in [-0.2, -0.15) is 0 Å². The number of nitrogens with one attached hydrogen (secondary N) is 1. The lowest BCUT2D eigenvalue weighted by Gasteiger charge is -2.22. The monoisotopic (exact) mass is 369 g/mol. The van der Waals surface area contributed by atoms with E-state index in [2.05, 4.69) is 15.2 Å². The fraction of sp³-hybridized carbons (Fsp3) is 0.722. The van der Waals surface area contributed by atoms with E-state index in [-0.39, 0.29) is 5.75 Å². The first-order valence-electron chi connectivity index (χ1n) is 9.23. The molecule has 148 valence electrons. The van der Waals surface area contributed by atoms with Crippen LogP contribution >= 0.6 is 0 Å². The summed E-state index contributed by atoms with van der Waals surface area (Å²) in [7, 11) is 0. The Morgan fingerprint density at radius 1 is 0.885 bits per heavy atom. The van der Waals surface area contributed by atoms with Crippen LogP contribution in [0.25, 0.3) is 0 Å². The van der Waals surface area contributed by atoms with Crippen LogP contribution < -0.4 is 5.32 Å². The maximum absolute atomic E-state index is 9.94. The van der Waals surface area contributed by atoms with E-state index >= 15 is 0 Å². The normalized spacial score (nSPS) is 20.9. The van der Waals surface area contributed by atoms with Gasteiger partial charge in [0.25, 0.3) is 0 Å². The Kier molecular flexibility index (Phi) is 11.2. The zero-order chi connectivity index (χ0) is 18.3. The van der Waals surface area contributed by atoms with Crippen molar-refractivity contribution in [2.75, 3.05) is 79.0 Å². The number of ether oxygens (including phenoxy) is 4. The second-order valence-electron chi connectivity index (χ2n) is 5.94. The van der Waals surface area contributed by atoms with Crippen molar-refractivity contribution >= 4 is 0 Å². The van der Waals surface area contributed by atoms with E-state index in [1.165, 1.54) is 0 Å². The molecule has 2 N–H and O–H groups in total. The second-order valence-corrected chi connectivity index (χ2v) is 5.94. The maximum Gasteiger partial charge on any atom is 0.138 e. The second kappa shape index (κ2) is 13.9. The van der Waals surface area contributed by atoms with Gasteiger partial charge in [0.15, 0.2) is 0 Å². The van der Waals surface area contributed by atoms with Crippen molar-refractivity contribution in [2.24, 2.45) is 0 Å². The van der Waals surface area contributed by atoms with Crippen LogP contribution in [0.1, 0.15) is 5.69 Å². The first kappa shape index (κ1) is 21.0. The molecule has 0 aromatic carbocycles. The molecule has 1 aromatic rings. The molecule has 2 rings (SSSR count). The van der Waals surface area contributed by atoms with Crippen LogP contribution in [0.2, 0.25) is 0 Å². The third kappa shape index (κ3) is 9.42. The number of rotatable bonds is 2. The molecule has 0 unspecified atom stereocenters. The molecule has 0 bridgehead atoms. The lowest BCUT2D eigenvalue weighted by atomic mass is 10.3. The highest BCUT2D eigenvalue weighted by atomic mass is 16.5. The molecule has 0 aliphatic carbocycles. The smallest absolute Gasteiger partial charge is 0.138 e. The predicted octanol–water partition coefficient (Wildman–Crippen LogP) is 0.259. The van der Waals surface area contributed by atoms with E-state index in [0.717, 1.165) is 26.2 Å². The summed E-state index contributed by atoms with van der Waals surface area (Å²) in [6.07, 6.45) is 1.69. The van der Waals surface area contributed by atoms with E-state index < -0.39 is 0 Å². The molecular formula is C18H31N3O5. The summed E-state index contributed by atoms with van der Waals surface area (Å²) in [5.41, 5.74) is 0.661. The first-order chi connectivity index (χ1) is 12.9. The SMILES string of the molecule is Oc1cccnc1CN1CCOCCOCCNCCOCCOCC1. The molecule has 0 spiro atoms. The first-order valence-corrected chi connectivity index (χ1v) is 9.23. The van der Waals surface area contributed by atoms with E-state index in [1.807, 2.05) is 0 Å². The minimum absolute atomic E-state index is 0.212. The molecule has 8 heteroatoms. The Morgan fingerprint density at radius 2 is 1.46 bits per heavy atom. The summed E-state index contributed by atoms with van der Waals surface area (Å²) in [4.78, 5) is 6.42. The van der Waals surface area contributed by atoms with Gasteiger partial charge >= 0.3 is 0 Å². The summed E-state index contributed by atoms with van der Waals surface area (Å²) >= 11 is 0. The fourth-order valence-electron chi connectivity index (χ4n) is 2.48. The maximum atomic E-state index is 9.94. The molecule has 0 radical (unpaired) electrons. The van der Waals surface area contributed by atoms with Gasteiger partial charge < -0.3 is 29.4 Å². The summed E-state index contributed by atoms with van der Waals surface area (Å²) in [6.45, 7) is 8.47. The summed E-state index contributed by atoms with van der Waals surface area (Å²) in [5, 5.41) is 13.2. The molecular weight excluding hydrogens is 338 g/mol. The lowest BCUT2D eigenvalue weighted by molar-refractivity contribution is 0.0191. The third-order valence-corrected chi connectivity index (χ3v) is 3.93. The average molecular weight is 369 g/mol. The van der Waals surface area contributed by atoms with Crippen molar-refractivity contribution < 1.29 is 24.1 Å². The Labute approximate surface area is 155 Å². The van der Waals surface area contributed by atoms with E-state index in [1.54, 1.807) is 18.3 Å². The number of pyridine rings is 1. The Hall–Kier alpha value is -1.29. The van der Waals surface area contributed by atoms with E-state index in [0.29, 0.717) is 65.1 Å². The summed E-state index contributed by atoms with van der Waals surface area (Å²) in [5.74, 6) is 0.212. The summed E-state index contributed by atoms with van der Waals surface area (Å²) < 4.78 is 22.3. The molecule has 0 amide bonds. The van der Waals surface area contributed by atoms with Gasteiger partial charge in [-0.15, -0.1) is 0 Å². The Bertz CT molecular complexity index is 460. The molecule has 0 saturated carbocycles. The zero-order valence-corrected chi connectivity index (χ0v) is 15.4. The van der Waals surface area contributed by atoms with Crippen LogP contribution in [0.4, 0.5) is 0 Å². The number of aromatic hydroxyl groups is 1. The predicted molar refractivity (Wildman–Crippen MR) is 97.3 cm³/mol. The van der Waals surface area contributed by atoms with Crippen molar-refractivity contribution in [3.63, 3.8) is 0 Å². The minimum Gasteiger partial charge on any atom is -0.506 e. The largest absolute Gasteiger partial charge is 0.506 e. The number of hydrogen-bond acceptors (Lipinski definition) is 8. The van der Waals surface area contributed by atoms with Gasteiger partial charge in [0.05, 0.1) is 58.5 Å².